The van der Waals surface area contributed by atoms with Crippen molar-refractivity contribution in [1.82, 2.24) is 4.98 Å². The van der Waals surface area contributed by atoms with Crippen LogP contribution in [-0.4, -0.2) is 31.7 Å². The van der Waals surface area contributed by atoms with Crippen LogP contribution in [0.2, 0.25) is 0 Å². The number of aryl methyl sites for hydroxylation is 1. The first kappa shape index (κ1) is 16.9. The quantitative estimate of drug-likeness (QED) is 0.784. The van der Waals surface area contributed by atoms with Crippen LogP contribution in [0, 0.1) is 0 Å². The van der Waals surface area contributed by atoms with Gasteiger partial charge in [-0.3, -0.25) is 0 Å². The van der Waals surface area contributed by atoms with Gasteiger partial charge in [-0.05, 0) is 30.0 Å². The third-order valence-corrected chi connectivity index (χ3v) is 5.23. The Morgan fingerprint density at radius 3 is 2.69 bits per heavy atom. The number of nitrogens with zero attached hydrogens (tertiary/aromatic N) is 3. The monoisotopic (exact) mass is 346 g/mol. The highest BCUT2D eigenvalue weighted by molar-refractivity contribution is 5.93. The molecule has 0 spiro atoms. The highest BCUT2D eigenvalue weighted by atomic mass is 15.2. The predicted octanol–water partition coefficient (Wildman–Crippen LogP) is 3.58. The van der Waals surface area contributed by atoms with E-state index in [1.807, 2.05) is 0 Å². The van der Waals surface area contributed by atoms with Gasteiger partial charge in [0.1, 0.15) is 5.82 Å². The Morgan fingerprint density at radius 2 is 1.85 bits per heavy atom. The summed E-state index contributed by atoms with van der Waals surface area (Å²) in [6, 6.07) is 19.4. The van der Waals surface area contributed by atoms with Crippen molar-refractivity contribution in [3.8, 4) is 0 Å². The van der Waals surface area contributed by atoms with Gasteiger partial charge in [0.05, 0.1) is 5.52 Å². The lowest BCUT2D eigenvalue weighted by atomic mass is 10.0. The Labute approximate surface area is 155 Å². The van der Waals surface area contributed by atoms with Crippen molar-refractivity contribution < 1.29 is 0 Å². The second-order valence-electron chi connectivity index (χ2n) is 7.02. The van der Waals surface area contributed by atoms with E-state index in [0.29, 0.717) is 6.54 Å². The van der Waals surface area contributed by atoms with E-state index in [-0.39, 0.29) is 0 Å². The van der Waals surface area contributed by atoms with Crippen LogP contribution in [0.5, 0.6) is 0 Å². The number of likely N-dealkylation sites (N-methyl/N-ethyl adjacent to an activating group) is 1. The van der Waals surface area contributed by atoms with E-state index in [2.05, 4.69) is 71.4 Å². The van der Waals surface area contributed by atoms with E-state index >= 15 is 0 Å². The lowest BCUT2D eigenvalue weighted by Crippen LogP contribution is -2.27. The molecule has 0 fully saturated rings. The number of benzene rings is 2. The first-order chi connectivity index (χ1) is 12.8. The lowest BCUT2D eigenvalue weighted by molar-refractivity contribution is 0.756. The molecule has 0 atom stereocenters. The Morgan fingerprint density at radius 1 is 1.08 bits per heavy atom. The first-order valence-corrected chi connectivity index (χ1v) is 9.39. The molecule has 0 radical (unpaired) electrons. The van der Waals surface area contributed by atoms with Gasteiger partial charge in [-0.25, -0.2) is 4.98 Å². The largest absolute Gasteiger partial charge is 0.373 e. The van der Waals surface area contributed by atoms with Gasteiger partial charge < -0.3 is 15.5 Å². The molecule has 4 rings (SSSR count). The maximum Gasteiger partial charge on any atom is 0.131 e. The van der Waals surface area contributed by atoms with Crippen LogP contribution in [-0.2, 0) is 13.0 Å². The van der Waals surface area contributed by atoms with Gasteiger partial charge in [-0.2, -0.15) is 0 Å². The molecule has 26 heavy (non-hydrogen) atoms. The maximum absolute atomic E-state index is 5.80. The van der Waals surface area contributed by atoms with E-state index in [1.54, 1.807) is 0 Å². The van der Waals surface area contributed by atoms with Crippen LogP contribution in [0.25, 0.3) is 10.9 Å². The van der Waals surface area contributed by atoms with E-state index in [9.17, 15) is 0 Å². The molecule has 0 unspecified atom stereocenters. The van der Waals surface area contributed by atoms with Crippen LogP contribution < -0.4 is 15.5 Å². The van der Waals surface area contributed by atoms with Gasteiger partial charge in [0.15, 0.2) is 0 Å². The lowest BCUT2D eigenvalue weighted by Gasteiger charge is -2.26. The minimum atomic E-state index is 0.638. The zero-order valence-corrected chi connectivity index (χ0v) is 15.4. The second kappa shape index (κ2) is 7.34. The summed E-state index contributed by atoms with van der Waals surface area (Å²) in [5, 5.41) is 1.18. The first-order valence-electron chi connectivity index (χ1n) is 9.39. The van der Waals surface area contributed by atoms with Crippen molar-refractivity contribution in [2.24, 2.45) is 5.73 Å². The minimum Gasteiger partial charge on any atom is -0.373 e. The predicted molar refractivity (Wildman–Crippen MR) is 110 cm³/mol. The summed E-state index contributed by atoms with van der Waals surface area (Å²) in [5.41, 5.74) is 10.9. The normalized spacial score (nSPS) is 14.2. The number of hydrogen-bond donors (Lipinski definition) is 1. The van der Waals surface area contributed by atoms with Crippen molar-refractivity contribution in [2.45, 2.75) is 19.4 Å². The van der Waals surface area contributed by atoms with Gasteiger partial charge in [0, 0.05) is 50.4 Å². The zero-order chi connectivity index (χ0) is 17.9. The van der Waals surface area contributed by atoms with Gasteiger partial charge in [0.25, 0.3) is 0 Å². The molecule has 1 aromatic heterocycles. The van der Waals surface area contributed by atoms with Crippen molar-refractivity contribution in [1.29, 1.82) is 0 Å². The molecule has 0 aliphatic carbocycles. The van der Waals surface area contributed by atoms with E-state index in [4.69, 9.17) is 10.7 Å². The molecule has 0 saturated heterocycles. The minimum absolute atomic E-state index is 0.638. The molecule has 0 amide bonds. The van der Waals surface area contributed by atoms with Gasteiger partial charge >= 0.3 is 0 Å². The molecule has 2 N–H and O–H groups in total. The number of aromatic nitrogens is 1. The fraction of sp³-hybridized carbons (Fsp3) is 0.318. The number of nitrogens with two attached hydrogens (primary N) is 1. The molecule has 134 valence electrons. The van der Waals surface area contributed by atoms with Crippen molar-refractivity contribution in [2.75, 3.05) is 36.5 Å². The highest BCUT2D eigenvalue weighted by Crippen LogP contribution is 2.31. The Kier molecular flexibility index (Phi) is 4.76. The van der Waals surface area contributed by atoms with E-state index < -0.39 is 0 Å². The summed E-state index contributed by atoms with van der Waals surface area (Å²) in [4.78, 5) is 9.63. The van der Waals surface area contributed by atoms with Gasteiger partial charge in [-0.15, -0.1) is 0 Å². The van der Waals surface area contributed by atoms with E-state index in [0.717, 1.165) is 43.8 Å². The fourth-order valence-electron chi connectivity index (χ4n) is 3.83. The standard InChI is InChI=1S/C22H26N4/c1-25(14-12-23)21-15-22(24-20-11-5-4-10-19(20)21)26-13-6-9-17-7-2-3-8-18(17)16-26/h2-5,7-8,10-11,15H,6,9,12-14,16,23H2,1H3. The van der Waals surface area contributed by atoms with Crippen LogP contribution >= 0.6 is 0 Å². The molecule has 0 saturated carbocycles. The molecule has 2 heterocycles. The second-order valence-corrected chi connectivity index (χ2v) is 7.02. The summed E-state index contributed by atoms with van der Waals surface area (Å²) in [7, 11) is 2.11. The molecular weight excluding hydrogens is 320 g/mol. The molecular formula is C22H26N4. The van der Waals surface area contributed by atoms with Crippen LogP contribution in [0.4, 0.5) is 11.5 Å². The summed E-state index contributed by atoms with van der Waals surface area (Å²) in [6.45, 7) is 3.41. The van der Waals surface area contributed by atoms with Crippen molar-refractivity contribution in [3.63, 3.8) is 0 Å². The number of fused-ring (bicyclic) bond motifs is 2. The topological polar surface area (TPSA) is 45.4 Å². The summed E-state index contributed by atoms with van der Waals surface area (Å²) in [6.07, 6.45) is 2.29. The SMILES string of the molecule is CN(CCN)c1cc(N2CCCc3ccccc3C2)nc2ccccc12. The summed E-state index contributed by atoms with van der Waals surface area (Å²) >= 11 is 0. The summed E-state index contributed by atoms with van der Waals surface area (Å²) in [5.74, 6) is 1.05. The third kappa shape index (κ3) is 3.25. The number of para-hydroxylation sites is 1. The van der Waals surface area contributed by atoms with Gasteiger partial charge in [-0.1, -0.05) is 42.5 Å². The van der Waals surface area contributed by atoms with Crippen LogP contribution in [0.15, 0.2) is 54.6 Å². The molecule has 1 aliphatic rings. The van der Waals surface area contributed by atoms with Crippen LogP contribution in [0.3, 0.4) is 0 Å². The highest BCUT2D eigenvalue weighted by Gasteiger charge is 2.18. The van der Waals surface area contributed by atoms with E-state index in [1.165, 1.54) is 22.2 Å². The average Bonchev–Trinajstić information content (AvgIpc) is 2.89. The smallest absolute Gasteiger partial charge is 0.131 e. The summed E-state index contributed by atoms with van der Waals surface area (Å²) < 4.78 is 0. The Hall–Kier alpha value is -2.59. The number of anilines is 2. The fourth-order valence-corrected chi connectivity index (χ4v) is 3.83. The molecule has 1 aliphatic heterocycles. The molecule has 4 heteroatoms. The van der Waals surface area contributed by atoms with Gasteiger partial charge in [0.2, 0.25) is 0 Å². The Bertz CT molecular complexity index is 906. The van der Waals surface area contributed by atoms with Crippen LogP contribution in [0.1, 0.15) is 17.5 Å². The maximum atomic E-state index is 5.80. The Balaban J connectivity index is 1.76. The van der Waals surface area contributed by atoms with Crippen molar-refractivity contribution in [3.05, 3.63) is 65.7 Å². The third-order valence-electron chi connectivity index (χ3n) is 5.23. The number of rotatable bonds is 4. The molecule has 3 aromatic rings. The number of hydrogen-bond acceptors (Lipinski definition) is 4. The molecule has 4 nitrogen and oxygen atoms in total. The molecule has 0 bridgehead atoms. The molecule has 2 aromatic carbocycles. The zero-order valence-electron chi connectivity index (χ0n) is 15.4. The number of pyridine rings is 1. The average molecular weight is 346 g/mol. The van der Waals surface area contributed by atoms with Crippen molar-refractivity contribution >= 4 is 22.4 Å².